The Bertz CT molecular complexity index is 462. The van der Waals surface area contributed by atoms with Crippen molar-refractivity contribution in [3.63, 3.8) is 0 Å². The molecule has 1 saturated heterocycles. The predicted octanol–water partition coefficient (Wildman–Crippen LogP) is 0.746. The van der Waals surface area contributed by atoms with E-state index < -0.39 is 0 Å². The molecule has 0 aliphatic carbocycles. The smallest absolute Gasteiger partial charge is 0.240 e. The first-order valence-corrected chi connectivity index (χ1v) is 6.97. The SMILES string of the molecule is C[C@H]1OCCN[C@@H]1C(=O)NCc1ccccc1N(C)C. The summed E-state index contributed by atoms with van der Waals surface area (Å²) in [6.45, 7) is 3.83. The van der Waals surface area contributed by atoms with Crippen LogP contribution in [0.15, 0.2) is 24.3 Å². The molecule has 0 bridgehead atoms. The van der Waals surface area contributed by atoms with E-state index in [-0.39, 0.29) is 18.1 Å². The second kappa shape index (κ2) is 6.72. The van der Waals surface area contributed by atoms with Crippen molar-refractivity contribution in [2.24, 2.45) is 0 Å². The number of para-hydroxylation sites is 1. The summed E-state index contributed by atoms with van der Waals surface area (Å²) >= 11 is 0. The van der Waals surface area contributed by atoms with Gasteiger partial charge >= 0.3 is 0 Å². The average Bonchev–Trinajstić information content (AvgIpc) is 2.45. The van der Waals surface area contributed by atoms with Crippen molar-refractivity contribution >= 4 is 11.6 Å². The molecule has 0 saturated carbocycles. The van der Waals surface area contributed by atoms with Gasteiger partial charge in [-0.3, -0.25) is 4.79 Å². The number of hydrogen-bond acceptors (Lipinski definition) is 4. The number of nitrogens with zero attached hydrogens (tertiary/aromatic N) is 1. The Labute approximate surface area is 120 Å². The molecule has 20 heavy (non-hydrogen) atoms. The van der Waals surface area contributed by atoms with Crippen molar-refractivity contribution in [3.8, 4) is 0 Å². The largest absolute Gasteiger partial charge is 0.377 e. The number of hydrogen-bond donors (Lipinski definition) is 2. The van der Waals surface area contributed by atoms with Crippen LogP contribution in [-0.2, 0) is 16.1 Å². The summed E-state index contributed by atoms with van der Waals surface area (Å²) in [5, 5.41) is 6.18. The van der Waals surface area contributed by atoms with Crippen molar-refractivity contribution in [1.29, 1.82) is 0 Å². The molecule has 0 radical (unpaired) electrons. The summed E-state index contributed by atoms with van der Waals surface area (Å²) in [4.78, 5) is 14.2. The first kappa shape index (κ1) is 14.8. The third-order valence-electron chi connectivity index (χ3n) is 3.53. The number of carbonyl (C=O) groups is 1. The summed E-state index contributed by atoms with van der Waals surface area (Å²) in [5.41, 5.74) is 2.23. The van der Waals surface area contributed by atoms with E-state index in [0.717, 1.165) is 17.8 Å². The van der Waals surface area contributed by atoms with Crippen LogP contribution >= 0.6 is 0 Å². The molecule has 5 heteroatoms. The first-order valence-electron chi connectivity index (χ1n) is 6.97. The Balaban J connectivity index is 1.96. The molecule has 5 nitrogen and oxygen atoms in total. The summed E-state index contributed by atoms with van der Waals surface area (Å²) in [6, 6.07) is 7.80. The van der Waals surface area contributed by atoms with Gasteiger partial charge in [-0.1, -0.05) is 18.2 Å². The Kier molecular flexibility index (Phi) is 4.98. The van der Waals surface area contributed by atoms with Gasteiger partial charge in [0.2, 0.25) is 5.91 Å². The number of amides is 1. The molecule has 1 amide bonds. The molecule has 2 atom stereocenters. The summed E-state index contributed by atoms with van der Waals surface area (Å²) in [5.74, 6) is -0.00856. The molecule has 1 fully saturated rings. The van der Waals surface area contributed by atoms with E-state index >= 15 is 0 Å². The zero-order valence-electron chi connectivity index (χ0n) is 12.3. The minimum atomic E-state index is -0.268. The van der Waals surface area contributed by atoms with Crippen molar-refractivity contribution in [2.45, 2.75) is 25.6 Å². The van der Waals surface area contributed by atoms with Gasteiger partial charge in [0.05, 0.1) is 12.7 Å². The van der Waals surface area contributed by atoms with Gasteiger partial charge in [0.1, 0.15) is 6.04 Å². The molecule has 0 spiro atoms. The van der Waals surface area contributed by atoms with E-state index in [1.165, 1.54) is 0 Å². The minimum absolute atomic E-state index is 0.00856. The molecule has 110 valence electrons. The van der Waals surface area contributed by atoms with Crippen molar-refractivity contribution in [3.05, 3.63) is 29.8 Å². The highest BCUT2D eigenvalue weighted by Gasteiger charge is 2.27. The Morgan fingerprint density at radius 2 is 2.20 bits per heavy atom. The number of nitrogens with one attached hydrogen (secondary N) is 2. The average molecular weight is 277 g/mol. The molecule has 0 aromatic heterocycles. The quantitative estimate of drug-likeness (QED) is 0.852. The minimum Gasteiger partial charge on any atom is -0.377 e. The molecule has 1 aromatic carbocycles. The molecule has 1 aliphatic rings. The molecule has 1 heterocycles. The highest BCUT2D eigenvalue weighted by atomic mass is 16.5. The van der Waals surface area contributed by atoms with E-state index in [1.54, 1.807) is 0 Å². The second-order valence-electron chi connectivity index (χ2n) is 5.25. The fraction of sp³-hybridized carbons (Fsp3) is 0.533. The third-order valence-corrected chi connectivity index (χ3v) is 3.53. The number of rotatable bonds is 4. The lowest BCUT2D eigenvalue weighted by Crippen LogP contribution is -2.55. The highest BCUT2D eigenvalue weighted by Crippen LogP contribution is 2.17. The van der Waals surface area contributed by atoms with Gasteiger partial charge in [-0.25, -0.2) is 0 Å². The number of ether oxygens (including phenoxy) is 1. The maximum absolute atomic E-state index is 12.2. The summed E-state index contributed by atoms with van der Waals surface area (Å²) in [7, 11) is 4.00. The van der Waals surface area contributed by atoms with E-state index in [4.69, 9.17) is 4.74 Å². The first-order chi connectivity index (χ1) is 9.59. The van der Waals surface area contributed by atoms with Crippen LogP contribution in [0.3, 0.4) is 0 Å². The van der Waals surface area contributed by atoms with Crippen LogP contribution in [0.5, 0.6) is 0 Å². The molecular weight excluding hydrogens is 254 g/mol. The van der Waals surface area contributed by atoms with Gasteiger partial charge < -0.3 is 20.3 Å². The Morgan fingerprint density at radius 3 is 2.90 bits per heavy atom. The van der Waals surface area contributed by atoms with Crippen molar-refractivity contribution < 1.29 is 9.53 Å². The Hall–Kier alpha value is -1.59. The zero-order chi connectivity index (χ0) is 14.5. The van der Waals surface area contributed by atoms with Crippen LogP contribution in [0.1, 0.15) is 12.5 Å². The fourth-order valence-corrected chi connectivity index (χ4v) is 2.42. The normalized spacial score (nSPS) is 22.4. The number of benzene rings is 1. The van der Waals surface area contributed by atoms with Gasteiger partial charge in [0, 0.05) is 32.9 Å². The number of carbonyl (C=O) groups excluding carboxylic acids is 1. The molecule has 2 N–H and O–H groups in total. The van der Waals surface area contributed by atoms with Crippen LogP contribution < -0.4 is 15.5 Å². The highest BCUT2D eigenvalue weighted by molar-refractivity contribution is 5.82. The van der Waals surface area contributed by atoms with Gasteiger partial charge in [0.15, 0.2) is 0 Å². The molecule has 1 aromatic rings. The van der Waals surface area contributed by atoms with E-state index in [9.17, 15) is 4.79 Å². The molecular formula is C15H23N3O2. The summed E-state index contributed by atoms with van der Waals surface area (Å²) in [6.07, 6.45) is -0.0900. The van der Waals surface area contributed by atoms with E-state index in [0.29, 0.717) is 13.2 Å². The van der Waals surface area contributed by atoms with Gasteiger partial charge in [-0.15, -0.1) is 0 Å². The predicted molar refractivity (Wildman–Crippen MR) is 79.8 cm³/mol. The Morgan fingerprint density at radius 1 is 1.45 bits per heavy atom. The van der Waals surface area contributed by atoms with Crippen LogP contribution in [0, 0.1) is 0 Å². The van der Waals surface area contributed by atoms with Crippen molar-refractivity contribution in [1.82, 2.24) is 10.6 Å². The molecule has 1 aliphatic heterocycles. The lowest BCUT2D eigenvalue weighted by molar-refractivity contribution is -0.129. The lowest BCUT2D eigenvalue weighted by atomic mass is 10.1. The zero-order valence-corrected chi connectivity index (χ0v) is 12.3. The fourth-order valence-electron chi connectivity index (χ4n) is 2.42. The van der Waals surface area contributed by atoms with Gasteiger partial charge in [-0.2, -0.15) is 0 Å². The van der Waals surface area contributed by atoms with E-state index in [2.05, 4.69) is 10.6 Å². The topological polar surface area (TPSA) is 53.6 Å². The maximum Gasteiger partial charge on any atom is 0.240 e. The third kappa shape index (κ3) is 3.49. The monoisotopic (exact) mass is 277 g/mol. The molecule has 0 unspecified atom stereocenters. The van der Waals surface area contributed by atoms with Crippen molar-refractivity contribution in [2.75, 3.05) is 32.1 Å². The van der Waals surface area contributed by atoms with Crippen LogP contribution in [0.4, 0.5) is 5.69 Å². The summed E-state index contributed by atoms with van der Waals surface area (Å²) < 4.78 is 5.49. The number of anilines is 1. The standard InChI is InChI=1S/C15H23N3O2/c1-11-14(16-8-9-20-11)15(19)17-10-12-6-4-5-7-13(12)18(2)3/h4-7,11,14,16H,8-10H2,1-3H3,(H,17,19)/t11-,14+/m1/s1. The van der Waals surface area contributed by atoms with Gasteiger partial charge in [-0.05, 0) is 18.6 Å². The molecule has 2 rings (SSSR count). The van der Waals surface area contributed by atoms with Crippen LogP contribution in [0.25, 0.3) is 0 Å². The lowest BCUT2D eigenvalue weighted by Gasteiger charge is -2.29. The van der Waals surface area contributed by atoms with Gasteiger partial charge in [0.25, 0.3) is 0 Å². The van der Waals surface area contributed by atoms with E-state index in [1.807, 2.05) is 50.2 Å². The number of morpholine rings is 1. The van der Waals surface area contributed by atoms with Crippen LogP contribution in [0.2, 0.25) is 0 Å². The maximum atomic E-state index is 12.2. The van der Waals surface area contributed by atoms with Crippen LogP contribution in [-0.4, -0.2) is 45.3 Å². The second-order valence-corrected chi connectivity index (χ2v) is 5.25.